The van der Waals surface area contributed by atoms with Crippen molar-refractivity contribution in [3.63, 3.8) is 0 Å². The molecule has 2 rings (SSSR count). The molecule has 0 heterocycles. The number of carboxylic acid groups (broad SMARTS) is 1. The van der Waals surface area contributed by atoms with E-state index in [1.54, 1.807) is 13.0 Å². The third kappa shape index (κ3) is 3.86. The van der Waals surface area contributed by atoms with Gasteiger partial charge in [0, 0.05) is 16.7 Å². The van der Waals surface area contributed by atoms with Gasteiger partial charge in [-0.2, -0.15) is 0 Å². The molecule has 0 bridgehead atoms. The predicted molar refractivity (Wildman–Crippen MR) is 80.2 cm³/mol. The Morgan fingerprint density at radius 3 is 2.05 bits per heavy atom. The lowest BCUT2D eigenvalue weighted by Gasteiger charge is -1.96. The SMILES string of the molecule is C/C(=C\c1ccc(C#Cc2ccccc2)cc1)C(=O)O. The van der Waals surface area contributed by atoms with Crippen molar-refractivity contribution in [1.29, 1.82) is 0 Å². The van der Waals surface area contributed by atoms with E-state index in [0.29, 0.717) is 5.57 Å². The molecule has 20 heavy (non-hydrogen) atoms. The molecule has 2 aromatic rings. The molecule has 0 atom stereocenters. The van der Waals surface area contributed by atoms with E-state index in [1.807, 2.05) is 54.6 Å². The Bertz CT molecular complexity index is 684. The largest absolute Gasteiger partial charge is 0.478 e. The van der Waals surface area contributed by atoms with Gasteiger partial charge in [-0.15, -0.1) is 0 Å². The van der Waals surface area contributed by atoms with Crippen LogP contribution in [0, 0.1) is 11.8 Å². The lowest BCUT2D eigenvalue weighted by molar-refractivity contribution is -0.132. The van der Waals surface area contributed by atoms with Crippen LogP contribution in [0.1, 0.15) is 23.6 Å². The van der Waals surface area contributed by atoms with Gasteiger partial charge in [-0.05, 0) is 42.8 Å². The maximum Gasteiger partial charge on any atom is 0.331 e. The number of hydrogen-bond acceptors (Lipinski definition) is 1. The molecule has 2 nitrogen and oxygen atoms in total. The molecule has 2 aromatic carbocycles. The highest BCUT2D eigenvalue weighted by atomic mass is 16.4. The first-order valence-electron chi connectivity index (χ1n) is 6.24. The van der Waals surface area contributed by atoms with Gasteiger partial charge in [-0.3, -0.25) is 0 Å². The molecule has 0 aliphatic heterocycles. The van der Waals surface area contributed by atoms with Gasteiger partial charge in [-0.1, -0.05) is 42.2 Å². The van der Waals surface area contributed by atoms with E-state index >= 15 is 0 Å². The van der Waals surface area contributed by atoms with Crippen molar-refractivity contribution >= 4 is 12.0 Å². The molecule has 0 saturated heterocycles. The van der Waals surface area contributed by atoms with Crippen molar-refractivity contribution in [2.45, 2.75) is 6.92 Å². The highest BCUT2D eigenvalue weighted by molar-refractivity contribution is 5.91. The summed E-state index contributed by atoms with van der Waals surface area (Å²) in [5, 5.41) is 8.82. The molecule has 0 aromatic heterocycles. The highest BCUT2D eigenvalue weighted by Crippen LogP contribution is 2.09. The average molecular weight is 262 g/mol. The van der Waals surface area contributed by atoms with Crippen LogP contribution in [0.15, 0.2) is 60.2 Å². The first kappa shape index (κ1) is 13.6. The van der Waals surface area contributed by atoms with Crippen molar-refractivity contribution in [3.8, 4) is 11.8 Å². The summed E-state index contributed by atoms with van der Waals surface area (Å²) in [4.78, 5) is 10.7. The summed E-state index contributed by atoms with van der Waals surface area (Å²) in [6.45, 7) is 1.57. The Labute approximate surface area is 118 Å². The molecule has 0 aliphatic carbocycles. The minimum Gasteiger partial charge on any atom is -0.478 e. The minimum atomic E-state index is -0.905. The molecule has 0 saturated carbocycles. The van der Waals surface area contributed by atoms with E-state index in [9.17, 15) is 4.79 Å². The summed E-state index contributed by atoms with van der Waals surface area (Å²) in [7, 11) is 0. The predicted octanol–water partition coefficient (Wildman–Crippen LogP) is 3.57. The zero-order valence-corrected chi connectivity index (χ0v) is 11.1. The van der Waals surface area contributed by atoms with Gasteiger partial charge in [-0.25, -0.2) is 4.79 Å². The fourth-order valence-corrected chi connectivity index (χ4v) is 1.64. The summed E-state index contributed by atoms with van der Waals surface area (Å²) in [5.74, 6) is 5.25. The Morgan fingerprint density at radius 2 is 1.50 bits per heavy atom. The smallest absolute Gasteiger partial charge is 0.331 e. The number of carboxylic acids is 1. The quantitative estimate of drug-likeness (QED) is 0.663. The first-order chi connectivity index (χ1) is 9.65. The van der Waals surface area contributed by atoms with Crippen LogP contribution in [0.25, 0.3) is 6.08 Å². The third-order valence-electron chi connectivity index (χ3n) is 2.76. The Balaban J connectivity index is 2.16. The van der Waals surface area contributed by atoms with Crippen molar-refractivity contribution in [3.05, 3.63) is 76.9 Å². The molecule has 0 unspecified atom stereocenters. The normalized spacial score (nSPS) is 10.6. The molecule has 0 spiro atoms. The van der Waals surface area contributed by atoms with Crippen LogP contribution in [0.2, 0.25) is 0 Å². The van der Waals surface area contributed by atoms with Gasteiger partial charge in [0.25, 0.3) is 0 Å². The van der Waals surface area contributed by atoms with Crippen molar-refractivity contribution in [1.82, 2.24) is 0 Å². The zero-order valence-electron chi connectivity index (χ0n) is 11.1. The third-order valence-corrected chi connectivity index (χ3v) is 2.76. The van der Waals surface area contributed by atoms with Crippen LogP contribution < -0.4 is 0 Å². The molecule has 0 aliphatic rings. The van der Waals surface area contributed by atoms with Crippen molar-refractivity contribution in [2.75, 3.05) is 0 Å². The molecule has 0 amide bonds. The molecule has 1 N–H and O–H groups in total. The highest BCUT2D eigenvalue weighted by Gasteiger charge is 1.99. The van der Waals surface area contributed by atoms with Crippen LogP contribution in [0.3, 0.4) is 0 Å². The second kappa shape index (κ2) is 6.40. The maximum absolute atomic E-state index is 10.7. The summed E-state index contributed by atoms with van der Waals surface area (Å²) >= 11 is 0. The van der Waals surface area contributed by atoms with Crippen molar-refractivity contribution in [2.24, 2.45) is 0 Å². The average Bonchev–Trinajstić information content (AvgIpc) is 2.47. The zero-order chi connectivity index (χ0) is 14.4. The van der Waals surface area contributed by atoms with Crippen LogP contribution in [0.5, 0.6) is 0 Å². The number of benzene rings is 2. The fraction of sp³-hybridized carbons (Fsp3) is 0.0556. The second-order valence-electron chi connectivity index (χ2n) is 4.37. The van der Waals surface area contributed by atoms with Gasteiger partial charge in [0.2, 0.25) is 0 Å². The van der Waals surface area contributed by atoms with Gasteiger partial charge >= 0.3 is 5.97 Å². The van der Waals surface area contributed by atoms with Gasteiger partial charge in [0.1, 0.15) is 0 Å². The number of hydrogen-bond donors (Lipinski definition) is 1. The minimum absolute atomic E-state index is 0.313. The second-order valence-corrected chi connectivity index (χ2v) is 4.37. The van der Waals surface area contributed by atoms with Gasteiger partial charge in [0.05, 0.1) is 0 Å². The van der Waals surface area contributed by atoms with E-state index in [1.165, 1.54) is 0 Å². The monoisotopic (exact) mass is 262 g/mol. The molecule has 0 radical (unpaired) electrons. The van der Waals surface area contributed by atoms with Crippen LogP contribution in [-0.4, -0.2) is 11.1 Å². The van der Waals surface area contributed by atoms with Gasteiger partial charge < -0.3 is 5.11 Å². The van der Waals surface area contributed by atoms with Gasteiger partial charge in [0.15, 0.2) is 0 Å². The van der Waals surface area contributed by atoms with Crippen molar-refractivity contribution < 1.29 is 9.90 Å². The lowest BCUT2D eigenvalue weighted by Crippen LogP contribution is -1.95. The van der Waals surface area contributed by atoms with E-state index in [0.717, 1.165) is 16.7 Å². The molecular weight excluding hydrogens is 248 g/mol. The van der Waals surface area contributed by atoms with Crippen LogP contribution >= 0.6 is 0 Å². The summed E-state index contributed by atoms with van der Waals surface area (Å²) < 4.78 is 0. The molecular formula is C18H14O2. The van der Waals surface area contributed by atoms with E-state index in [4.69, 9.17) is 5.11 Å². The summed E-state index contributed by atoms with van der Waals surface area (Å²) in [5.41, 5.74) is 3.04. The lowest BCUT2D eigenvalue weighted by atomic mass is 10.1. The Morgan fingerprint density at radius 1 is 0.950 bits per heavy atom. The van der Waals surface area contributed by atoms with Crippen LogP contribution in [0.4, 0.5) is 0 Å². The fourth-order valence-electron chi connectivity index (χ4n) is 1.64. The summed E-state index contributed by atoms with van der Waals surface area (Å²) in [6.07, 6.45) is 1.64. The number of carbonyl (C=O) groups is 1. The number of rotatable bonds is 2. The topological polar surface area (TPSA) is 37.3 Å². The molecule has 0 fully saturated rings. The standard InChI is InChI=1S/C18H14O2/c1-14(18(19)20)13-17-11-9-16(10-12-17)8-7-15-5-3-2-4-6-15/h2-6,9-13H,1H3,(H,19,20)/b14-13+. The Kier molecular flexibility index (Phi) is 4.36. The first-order valence-corrected chi connectivity index (χ1v) is 6.24. The Hall–Kier alpha value is -2.79. The molecule has 98 valence electrons. The summed E-state index contributed by atoms with van der Waals surface area (Å²) in [6, 6.07) is 17.3. The number of aliphatic carboxylic acids is 1. The van der Waals surface area contributed by atoms with E-state index in [2.05, 4.69) is 11.8 Å². The van der Waals surface area contributed by atoms with E-state index < -0.39 is 5.97 Å². The van der Waals surface area contributed by atoms with E-state index in [-0.39, 0.29) is 0 Å². The maximum atomic E-state index is 10.7. The van der Waals surface area contributed by atoms with Crippen LogP contribution in [-0.2, 0) is 4.79 Å². The molecule has 2 heteroatoms.